The van der Waals surface area contributed by atoms with Gasteiger partial charge < -0.3 is 0 Å². The van der Waals surface area contributed by atoms with Crippen LogP contribution in [-0.2, 0) is 14.4 Å². The van der Waals surface area contributed by atoms with Gasteiger partial charge in [0, 0.05) is 26.9 Å². The van der Waals surface area contributed by atoms with Crippen LogP contribution in [0.3, 0.4) is 0 Å². The summed E-state index contributed by atoms with van der Waals surface area (Å²) in [5, 5.41) is 13.2. The van der Waals surface area contributed by atoms with Crippen LogP contribution in [0, 0.1) is 16.0 Å². The van der Waals surface area contributed by atoms with Crippen LogP contribution >= 0.6 is 22.9 Å². The summed E-state index contributed by atoms with van der Waals surface area (Å²) in [6, 6.07) is 25.5. The number of non-ortho nitro benzene ring substituents is 1. The Morgan fingerprint density at radius 3 is 2.22 bits per heavy atom. The fraction of sp³-hybridized carbons (Fsp3) is 0.111. The Labute approximate surface area is 220 Å². The minimum Gasteiger partial charge on any atom is -0.273 e. The van der Waals surface area contributed by atoms with Gasteiger partial charge in [-0.15, -0.1) is 11.3 Å². The molecule has 0 bridgehead atoms. The molecule has 0 radical (unpaired) electrons. The standard InChI is InChI=1S/C27H18ClN3O5S/c28-17-8-12-18(13-9-17)29-26(32)23-24(30(36-25(23)27(29)33)19-4-2-1-3-5-19)22-15-14-21(37-22)16-6-10-20(11-7-16)31(34)35/h1-15,23-25H. The molecule has 2 saturated heterocycles. The van der Waals surface area contributed by atoms with Gasteiger partial charge in [0.05, 0.1) is 16.3 Å². The predicted octanol–water partition coefficient (Wildman–Crippen LogP) is 6.03. The summed E-state index contributed by atoms with van der Waals surface area (Å²) in [5.41, 5.74) is 2.01. The van der Waals surface area contributed by atoms with E-state index in [1.807, 2.05) is 42.5 Å². The smallest absolute Gasteiger partial charge is 0.269 e. The van der Waals surface area contributed by atoms with Crippen LogP contribution in [-0.4, -0.2) is 22.8 Å². The number of anilines is 2. The van der Waals surface area contributed by atoms with Crippen molar-refractivity contribution in [1.82, 2.24) is 0 Å². The minimum absolute atomic E-state index is 0.0140. The highest BCUT2D eigenvalue weighted by Gasteiger charge is 2.60. The second kappa shape index (κ2) is 9.11. The van der Waals surface area contributed by atoms with Crippen LogP contribution in [0.5, 0.6) is 0 Å². The third kappa shape index (κ3) is 3.97. The van der Waals surface area contributed by atoms with Gasteiger partial charge in [-0.2, -0.15) is 0 Å². The van der Waals surface area contributed by atoms with Crippen LogP contribution < -0.4 is 9.96 Å². The molecule has 8 nitrogen and oxygen atoms in total. The highest BCUT2D eigenvalue weighted by Crippen LogP contribution is 2.49. The van der Waals surface area contributed by atoms with E-state index >= 15 is 0 Å². The predicted molar refractivity (Wildman–Crippen MR) is 140 cm³/mol. The Morgan fingerprint density at radius 2 is 1.54 bits per heavy atom. The highest BCUT2D eigenvalue weighted by molar-refractivity contribution is 7.15. The SMILES string of the molecule is O=C1C2ON(c3ccccc3)C(c3ccc(-c4ccc([N+](=O)[O-])cc4)s3)C2C(=O)N1c1ccc(Cl)cc1. The van der Waals surface area contributed by atoms with E-state index in [1.54, 1.807) is 41.5 Å². The van der Waals surface area contributed by atoms with Crippen molar-refractivity contribution >= 4 is 51.8 Å². The van der Waals surface area contributed by atoms with Gasteiger partial charge in [-0.05, 0) is 66.2 Å². The van der Waals surface area contributed by atoms with E-state index in [-0.39, 0.29) is 11.6 Å². The molecule has 2 aliphatic heterocycles. The summed E-state index contributed by atoms with van der Waals surface area (Å²) in [5.74, 6) is -1.52. The van der Waals surface area contributed by atoms with Crippen molar-refractivity contribution in [2.45, 2.75) is 12.1 Å². The zero-order valence-corrected chi connectivity index (χ0v) is 20.6. The van der Waals surface area contributed by atoms with Crippen LogP contribution in [0.25, 0.3) is 10.4 Å². The molecule has 3 heterocycles. The van der Waals surface area contributed by atoms with E-state index < -0.39 is 28.9 Å². The van der Waals surface area contributed by atoms with Crippen molar-refractivity contribution in [2.75, 3.05) is 9.96 Å². The first-order valence-corrected chi connectivity index (χ1v) is 12.6. The average Bonchev–Trinajstić information content (AvgIpc) is 3.61. The summed E-state index contributed by atoms with van der Waals surface area (Å²) >= 11 is 7.46. The van der Waals surface area contributed by atoms with Crippen molar-refractivity contribution in [3.63, 3.8) is 0 Å². The number of hydroxylamine groups is 1. The number of hydrogen-bond acceptors (Lipinski definition) is 7. The largest absolute Gasteiger partial charge is 0.273 e. The molecule has 6 rings (SSSR count). The van der Waals surface area contributed by atoms with Crippen LogP contribution in [0.4, 0.5) is 17.1 Å². The van der Waals surface area contributed by atoms with Crippen molar-refractivity contribution in [1.29, 1.82) is 0 Å². The summed E-state index contributed by atoms with van der Waals surface area (Å²) < 4.78 is 0. The molecule has 37 heavy (non-hydrogen) atoms. The molecule has 0 N–H and O–H groups in total. The maximum absolute atomic E-state index is 13.7. The van der Waals surface area contributed by atoms with E-state index in [2.05, 4.69) is 0 Å². The molecule has 4 aromatic rings. The van der Waals surface area contributed by atoms with Gasteiger partial charge in [0.2, 0.25) is 5.91 Å². The highest BCUT2D eigenvalue weighted by atomic mass is 35.5. The molecule has 2 amide bonds. The molecule has 3 aromatic carbocycles. The van der Waals surface area contributed by atoms with Gasteiger partial charge in [0.25, 0.3) is 11.6 Å². The molecule has 2 aliphatic rings. The molecule has 2 fully saturated rings. The normalized spacial score (nSPS) is 20.9. The van der Waals surface area contributed by atoms with Crippen molar-refractivity contribution in [2.24, 2.45) is 5.92 Å². The third-order valence-corrected chi connectivity index (χ3v) is 7.95. The number of nitrogens with zero attached hydrogens (tertiary/aromatic N) is 3. The summed E-state index contributed by atoms with van der Waals surface area (Å²) in [6.07, 6.45) is -0.974. The summed E-state index contributed by atoms with van der Waals surface area (Å²) in [6.45, 7) is 0. The monoisotopic (exact) mass is 531 g/mol. The van der Waals surface area contributed by atoms with E-state index in [4.69, 9.17) is 16.4 Å². The molecule has 3 atom stereocenters. The first-order chi connectivity index (χ1) is 17.9. The molecule has 1 aromatic heterocycles. The Hall–Kier alpha value is -4.05. The molecule has 3 unspecified atom stereocenters. The Balaban J connectivity index is 1.39. The molecule has 0 saturated carbocycles. The fourth-order valence-corrected chi connectivity index (χ4v) is 6.03. The lowest BCUT2D eigenvalue weighted by Crippen LogP contribution is -2.37. The Kier molecular flexibility index (Phi) is 5.75. The van der Waals surface area contributed by atoms with Crippen molar-refractivity contribution < 1.29 is 19.3 Å². The summed E-state index contributed by atoms with van der Waals surface area (Å²) in [4.78, 5) is 46.8. The molecule has 0 aliphatic carbocycles. The second-order valence-electron chi connectivity index (χ2n) is 8.65. The number of amides is 2. The average molecular weight is 532 g/mol. The number of carbonyl (C=O) groups is 2. The molecule has 10 heteroatoms. The van der Waals surface area contributed by atoms with Crippen LogP contribution in [0.2, 0.25) is 5.02 Å². The van der Waals surface area contributed by atoms with E-state index in [9.17, 15) is 19.7 Å². The van der Waals surface area contributed by atoms with Gasteiger partial charge in [-0.3, -0.25) is 24.5 Å². The Morgan fingerprint density at radius 1 is 0.838 bits per heavy atom. The van der Waals surface area contributed by atoms with Crippen LogP contribution in [0.15, 0.2) is 91.0 Å². The maximum atomic E-state index is 13.7. The third-order valence-electron chi connectivity index (χ3n) is 6.49. The van der Waals surface area contributed by atoms with E-state index in [0.717, 1.165) is 21.0 Å². The molecular weight excluding hydrogens is 514 g/mol. The topological polar surface area (TPSA) is 93.0 Å². The molecule has 184 valence electrons. The number of rotatable bonds is 5. The number of thiophene rings is 1. The fourth-order valence-electron chi connectivity index (χ4n) is 4.76. The lowest BCUT2D eigenvalue weighted by atomic mass is 9.95. The lowest BCUT2D eigenvalue weighted by molar-refractivity contribution is -0.384. The number of fused-ring (bicyclic) bond motifs is 1. The number of nitro groups is 1. The van der Waals surface area contributed by atoms with Gasteiger partial charge >= 0.3 is 0 Å². The molecule has 0 spiro atoms. The quantitative estimate of drug-likeness (QED) is 0.177. The number of benzene rings is 3. The number of halogens is 1. The maximum Gasteiger partial charge on any atom is 0.269 e. The van der Waals surface area contributed by atoms with E-state index in [1.165, 1.54) is 28.4 Å². The minimum atomic E-state index is -0.974. The second-order valence-corrected chi connectivity index (χ2v) is 10.2. The number of hydrogen-bond donors (Lipinski definition) is 0. The lowest BCUT2D eigenvalue weighted by Gasteiger charge is -2.27. The zero-order valence-electron chi connectivity index (χ0n) is 19.1. The van der Waals surface area contributed by atoms with Gasteiger partial charge in [-0.25, -0.2) is 9.96 Å². The number of imide groups is 1. The number of para-hydroxylation sites is 1. The first-order valence-electron chi connectivity index (χ1n) is 11.4. The van der Waals surface area contributed by atoms with Crippen molar-refractivity contribution in [3.05, 3.63) is 111 Å². The van der Waals surface area contributed by atoms with Crippen LogP contribution in [0.1, 0.15) is 10.9 Å². The number of carbonyl (C=O) groups excluding carboxylic acids is 2. The summed E-state index contributed by atoms with van der Waals surface area (Å²) in [7, 11) is 0. The van der Waals surface area contributed by atoms with Gasteiger partial charge in [0.1, 0.15) is 12.0 Å². The first kappa shape index (κ1) is 23.4. The molecular formula is C27H18ClN3O5S. The van der Waals surface area contributed by atoms with Crippen molar-refractivity contribution in [3.8, 4) is 10.4 Å². The van der Waals surface area contributed by atoms with Gasteiger partial charge in [-0.1, -0.05) is 29.8 Å². The Bertz CT molecular complexity index is 1510. The van der Waals surface area contributed by atoms with Gasteiger partial charge in [0.15, 0.2) is 6.10 Å². The number of nitro benzene ring substituents is 1. The zero-order chi connectivity index (χ0) is 25.7. The van der Waals surface area contributed by atoms with E-state index in [0.29, 0.717) is 10.7 Å².